The molecule has 1 aliphatic rings. The maximum Gasteiger partial charge on any atom is 0.339 e. The average molecular weight is 553 g/mol. The molecule has 4 rings (SSSR count). The predicted octanol–water partition coefficient (Wildman–Crippen LogP) is 3.76. The Kier molecular flexibility index (Phi) is 7.77. The Hall–Kier alpha value is -4.58. The van der Waals surface area contributed by atoms with Crippen LogP contribution in [-0.4, -0.2) is 44.2 Å². The third kappa shape index (κ3) is 6.29. The Balaban J connectivity index is 1.33. The van der Waals surface area contributed by atoms with Gasteiger partial charge in [0.25, 0.3) is 5.69 Å². The lowest BCUT2D eigenvalue weighted by atomic mass is 10.1. The quantitative estimate of drug-likeness (QED) is 0.127. The smallest absolute Gasteiger partial charge is 0.339 e. The van der Waals surface area contributed by atoms with Gasteiger partial charge >= 0.3 is 16.1 Å². The van der Waals surface area contributed by atoms with Crippen LogP contribution in [0.2, 0.25) is 0 Å². The maximum atomic E-state index is 12.6. The molecule has 0 aliphatic carbocycles. The summed E-state index contributed by atoms with van der Waals surface area (Å²) in [5.74, 6) is -2.51. The fourth-order valence-corrected chi connectivity index (χ4v) is 4.92. The first kappa shape index (κ1) is 27.5. The van der Waals surface area contributed by atoms with Crippen molar-refractivity contribution in [3.63, 3.8) is 0 Å². The molecule has 12 heteroatoms. The van der Waals surface area contributed by atoms with E-state index < -0.39 is 45.2 Å². The number of nitrogens with zero attached hydrogens (tertiary/aromatic N) is 2. The third-order valence-corrected chi connectivity index (χ3v) is 7.46. The number of ether oxygens (including phenoxy) is 1. The molecule has 11 nitrogen and oxygen atoms in total. The van der Waals surface area contributed by atoms with E-state index in [1.807, 2.05) is 6.92 Å². The number of carbonyl (C=O) groups excluding carboxylic acids is 3. The molecule has 0 saturated carbocycles. The standard InChI is InChI=1S/C27H24N2O9S/c1-17-3-11-23(12-4-17)39(35,36)38-22-9-6-19(7-10-22)25(30)16-37-27(32)20-13-26(31)28(15-20)21-8-5-18(2)24(14-21)29(33)34/h3-12,14,20H,13,15-16H2,1-2H3/t20-/m1/s1. The van der Waals surface area contributed by atoms with Gasteiger partial charge in [0.15, 0.2) is 12.4 Å². The van der Waals surface area contributed by atoms with Gasteiger partial charge in [0, 0.05) is 30.2 Å². The summed E-state index contributed by atoms with van der Waals surface area (Å²) in [6.45, 7) is 2.79. The van der Waals surface area contributed by atoms with E-state index in [1.165, 1.54) is 53.4 Å². The van der Waals surface area contributed by atoms with Crippen LogP contribution in [0, 0.1) is 29.9 Å². The number of anilines is 1. The number of hydrogen-bond acceptors (Lipinski definition) is 9. The normalized spacial score (nSPS) is 15.2. The number of amides is 1. The highest BCUT2D eigenvalue weighted by molar-refractivity contribution is 7.87. The predicted molar refractivity (Wildman–Crippen MR) is 139 cm³/mol. The first-order chi connectivity index (χ1) is 18.4. The second kappa shape index (κ2) is 11.0. The van der Waals surface area contributed by atoms with Gasteiger partial charge < -0.3 is 13.8 Å². The van der Waals surface area contributed by atoms with Crippen molar-refractivity contribution in [1.82, 2.24) is 0 Å². The highest BCUT2D eigenvalue weighted by atomic mass is 32.2. The van der Waals surface area contributed by atoms with E-state index in [0.717, 1.165) is 5.56 Å². The van der Waals surface area contributed by atoms with Crippen LogP contribution >= 0.6 is 0 Å². The number of hydrogen-bond donors (Lipinski definition) is 0. The molecule has 202 valence electrons. The van der Waals surface area contributed by atoms with Crippen LogP contribution in [0.15, 0.2) is 71.6 Å². The number of nitro groups is 1. The highest BCUT2D eigenvalue weighted by Crippen LogP contribution is 2.30. The fourth-order valence-electron chi connectivity index (χ4n) is 3.99. The minimum atomic E-state index is -4.05. The summed E-state index contributed by atoms with van der Waals surface area (Å²) in [5, 5.41) is 11.2. The van der Waals surface area contributed by atoms with Crippen LogP contribution in [0.1, 0.15) is 27.9 Å². The zero-order chi connectivity index (χ0) is 28.3. The minimum Gasteiger partial charge on any atom is -0.457 e. The van der Waals surface area contributed by atoms with Gasteiger partial charge in [0.05, 0.1) is 16.5 Å². The SMILES string of the molecule is Cc1ccc(S(=O)(=O)Oc2ccc(C(=O)COC(=O)[C@@H]3CC(=O)N(c4ccc(C)c([N+](=O)[O-])c4)C3)cc2)cc1. The maximum absolute atomic E-state index is 12.6. The topological polar surface area (TPSA) is 150 Å². The van der Waals surface area contributed by atoms with Crippen LogP contribution in [0.5, 0.6) is 5.75 Å². The second-order valence-corrected chi connectivity index (χ2v) is 10.6. The van der Waals surface area contributed by atoms with E-state index in [1.54, 1.807) is 25.1 Å². The van der Waals surface area contributed by atoms with Gasteiger partial charge in [-0.05, 0) is 56.3 Å². The van der Waals surface area contributed by atoms with Crippen LogP contribution in [0.3, 0.4) is 0 Å². The molecule has 1 amide bonds. The molecule has 1 aliphatic heterocycles. The van der Waals surface area contributed by atoms with Gasteiger partial charge in [-0.25, -0.2) is 0 Å². The molecular weight excluding hydrogens is 528 g/mol. The highest BCUT2D eigenvalue weighted by Gasteiger charge is 2.37. The Labute approximate surface area is 224 Å². The lowest BCUT2D eigenvalue weighted by Crippen LogP contribution is -2.27. The number of nitro benzene ring substituents is 1. The van der Waals surface area contributed by atoms with Crippen molar-refractivity contribution in [2.75, 3.05) is 18.1 Å². The number of rotatable bonds is 9. The monoisotopic (exact) mass is 552 g/mol. The largest absolute Gasteiger partial charge is 0.457 e. The molecule has 3 aromatic carbocycles. The number of esters is 1. The van der Waals surface area contributed by atoms with Gasteiger partial charge in [-0.1, -0.05) is 23.8 Å². The molecule has 0 N–H and O–H groups in total. The summed E-state index contributed by atoms with van der Waals surface area (Å²) in [6, 6.07) is 15.9. The van der Waals surface area contributed by atoms with Crippen LogP contribution < -0.4 is 9.08 Å². The molecule has 0 spiro atoms. The molecule has 0 unspecified atom stereocenters. The Morgan fingerprint density at radius 1 is 1.03 bits per heavy atom. The van der Waals surface area contributed by atoms with E-state index in [9.17, 15) is 32.9 Å². The van der Waals surface area contributed by atoms with Crippen LogP contribution in [0.25, 0.3) is 0 Å². The Morgan fingerprint density at radius 3 is 2.33 bits per heavy atom. The minimum absolute atomic E-state index is 0.00465. The van der Waals surface area contributed by atoms with E-state index >= 15 is 0 Å². The zero-order valence-electron chi connectivity index (χ0n) is 21.0. The van der Waals surface area contributed by atoms with Crippen molar-refractivity contribution in [2.45, 2.75) is 25.2 Å². The van der Waals surface area contributed by atoms with E-state index in [-0.39, 0.29) is 34.9 Å². The molecule has 3 aromatic rings. The van der Waals surface area contributed by atoms with Gasteiger partial charge in [-0.3, -0.25) is 24.5 Å². The van der Waals surface area contributed by atoms with Crippen LogP contribution in [-0.2, 0) is 24.4 Å². The Morgan fingerprint density at radius 2 is 1.69 bits per heavy atom. The van der Waals surface area contributed by atoms with Crippen molar-refractivity contribution < 1.29 is 36.6 Å². The number of carbonyl (C=O) groups is 3. The molecule has 1 atom stereocenters. The van der Waals surface area contributed by atoms with Crippen molar-refractivity contribution in [1.29, 1.82) is 0 Å². The fraction of sp³-hybridized carbons (Fsp3) is 0.222. The van der Waals surface area contributed by atoms with Crippen LogP contribution in [0.4, 0.5) is 11.4 Å². The van der Waals surface area contributed by atoms with Gasteiger partial charge in [0.2, 0.25) is 5.91 Å². The Bertz CT molecular complexity index is 1550. The zero-order valence-corrected chi connectivity index (χ0v) is 21.8. The number of Topliss-reactive ketones (excluding diaryl/α,β-unsaturated/α-hetero) is 1. The van der Waals surface area contributed by atoms with Gasteiger partial charge in [0.1, 0.15) is 10.6 Å². The summed E-state index contributed by atoms with van der Waals surface area (Å²) in [7, 11) is -4.05. The number of ketones is 1. The van der Waals surface area contributed by atoms with E-state index in [2.05, 4.69) is 0 Å². The summed E-state index contributed by atoms with van der Waals surface area (Å²) in [6.07, 6.45) is -0.157. The molecule has 0 radical (unpaired) electrons. The van der Waals surface area contributed by atoms with Crippen molar-refractivity contribution in [3.05, 3.63) is 93.5 Å². The lowest BCUT2D eigenvalue weighted by Gasteiger charge is -2.16. The van der Waals surface area contributed by atoms with Crippen molar-refractivity contribution in [3.8, 4) is 5.75 Å². The van der Waals surface area contributed by atoms with E-state index in [4.69, 9.17) is 8.92 Å². The first-order valence-corrected chi connectivity index (χ1v) is 13.2. The lowest BCUT2D eigenvalue weighted by molar-refractivity contribution is -0.385. The third-order valence-electron chi connectivity index (χ3n) is 6.20. The van der Waals surface area contributed by atoms with E-state index in [0.29, 0.717) is 11.3 Å². The molecule has 39 heavy (non-hydrogen) atoms. The first-order valence-electron chi connectivity index (χ1n) is 11.8. The summed E-state index contributed by atoms with van der Waals surface area (Å²) in [5.41, 5.74) is 1.67. The number of benzene rings is 3. The number of aryl methyl sites for hydroxylation is 2. The molecule has 1 fully saturated rings. The van der Waals surface area contributed by atoms with Gasteiger partial charge in [-0.2, -0.15) is 8.42 Å². The molecule has 0 aromatic heterocycles. The molecular formula is C27H24N2O9S. The molecule has 0 bridgehead atoms. The summed E-state index contributed by atoms with van der Waals surface area (Å²) >= 11 is 0. The van der Waals surface area contributed by atoms with Crippen molar-refractivity contribution in [2.24, 2.45) is 5.92 Å². The molecule has 1 heterocycles. The average Bonchev–Trinajstić information content (AvgIpc) is 3.29. The summed E-state index contributed by atoms with van der Waals surface area (Å²) in [4.78, 5) is 49.5. The summed E-state index contributed by atoms with van der Waals surface area (Å²) < 4.78 is 35.1. The second-order valence-electron chi connectivity index (χ2n) is 9.04. The van der Waals surface area contributed by atoms with Gasteiger partial charge in [-0.15, -0.1) is 0 Å². The van der Waals surface area contributed by atoms with Crippen molar-refractivity contribution >= 4 is 39.2 Å². The molecule has 1 saturated heterocycles.